The molecule has 3 saturated heterocycles. The van der Waals surface area contributed by atoms with E-state index in [4.69, 9.17) is 4.74 Å². The van der Waals surface area contributed by atoms with Crippen LogP contribution in [-0.2, 0) is 14.8 Å². The molecule has 3 aromatic carbocycles. The molecule has 3 aromatic rings. The van der Waals surface area contributed by atoms with Gasteiger partial charge >= 0.3 is 0 Å². The summed E-state index contributed by atoms with van der Waals surface area (Å²) in [5.41, 5.74) is 3.51. The SMILES string of the molecule is Cc1ccccc1[C@@H]1CN(C2CCOCC2)CCN1C1CC2(CCN(c3ccc(C(=O)NS(=O)(=O)c4ccc(NCC5CCC(C)(O)CC5)c([N+](=O)[O-])c4)cc3)CC2)C1. The molecule has 1 spiro atoms. The number of anilines is 2. The third-order valence-electron chi connectivity index (χ3n) is 14.3. The maximum atomic E-state index is 13.3. The zero-order chi connectivity index (χ0) is 41.4. The average molecular weight is 829 g/mol. The smallest absolute Gasteiger partial charge is 0.293 e. The molecule has 13 nitrogen and oxygen atoms in total. The Morgan fingerprint density at radius 2 is 1.61 bits per heavy atom. The third kappa shape index (κ3) is 9.31. The highest BCUT2D eigenvalue weighted by molar-refractivity contribution is 7.90. The average Bonchev–Trinajstić information content (AvgIpc) is 3.22. The number of rotatable bonds is 11. The lowest BCUT2D eigenvalue weighted by Gasteiger charge is -2.59. The summed E-state index contributed by atoms with van der Waals surface area (Å²) in [5, 5.41) is 25.3. The summed E-state index contributed by atoms with van der Waals surface area (Å²) in [6, 6.07) is 21.1. The number of nitro groups is 1. The highest BCUT2D eigenvalue weighted by atomic mass is 32.2. The zero-order valence-corrected chi connectivity index (χ0v) is 35.3. The number of nitrogens with zero attached hydrogens (tertiary/aromatic N) is 4. The van der Waals surface area contributed by atoms with Crippen molar-refractivity contribution in [3.8, 4) is 0 Å². The molecule has 8 rings (SSSR count). The Labute approximate surface area is 348 Å². The second-order valence-corrected chi connectivity index (χ2v) is 19.9. The summed E-state index contributed by atoms with van der Waals surface area (Å²) < 4.78 is 34.3. The molecule has 0 bridgehead atoms. The number of piperidine rings is 1. The van der Waals surface area contributed by atoms with Crippen molar-refractivity contribution in [3.05, 3.63) is 93.5 Å². The van der Waals surface area contributed by atoms with Crippen LogP contribution in [0, 0.1) is 28.4 Å². The molecule has 0 aromatic heterocycles. The molecular formula is C45H60N6O7S. The van der Waals surface area contributed by atoms with Gasteiger partial charge in [-0.15, -0.1) is 0 Å². The van der Waals surface area contributed by atoms with Crippen LogP contribution in [0.15, 0.2) is 71.6 Å². The largest absolute Gasteiger partial charge is 0.390 e. The first-order chi connectivity index (χ1) is 28.3. The first kappa shape index (κ1) is 41.6. The number of amides is 1. The van der Waals surface area contributed by atoms with E-state index in [0.717, 1.165) is 96.2 Å². The van der Waals surface area contributed by atoms with Crippen LogP contribution in [0.3, 0.4) is 0 Å². The molecule has 1 amide bonds. The highest BCUT2D eigenvalue weighted by Gasteiger charge is 2.50. The molecule has 3 aliphatic heterocycles. The summed E-state index contributed by atoms with van der Waals surface area (Å²) >= 11 is 0. The van der Waals surface area contributed by atoms with Crippen LogP contribution in [0.5, 0.6) is 0 Å². The standard InChI is InChI=1S/C45H60N6O7S/c1-32-5-3-4-6-39(32)42-31-49(36-15-25-58-26-16-36)23-24-50(42)37-28-45(29-37)19-21-48(22-20-45)35-9-7-34(8-10-35)43(52)47-59(56,57)38-11-12-40(41(27-38)51(54)55)46-30-33-13-17-44(2,53)18-14-33/h3-12,27,33,36-37,42,46,53H,13-26,28-31H2,1-2H3,(H,47,52)/t33?,42-,44?/m0/s1. The Bertz CT molecular complexity index is 2080. The minimum Gasteiger partial charge on any atom is -0.390 e. The quantitative estimate of drug-likeness (QED) is 0.140. The van der Waals surface area contributed by atoms with Gasteiger partial charge in [0.1, 0.15) is 5.69 Å². The summed E-state index contributed by atoms with van der Waals surface area (Å²) in [7, 11) is -4.39. The number of hydrogen-bond donors (Lipinski definition) is 3. The Kier molecular flexibility index (Phi) is 12.1. The van der Waals surface area contributed by atoms with E-state index in [0.29, 0.717) is 42.9 Å². The van der Waals surface area contributed by atoms with E-state index in [1.165, 1.54) is 36.1 Å². The first-order valence-corrected chi connectivity index (χ1v) is 23.1. The minimum atomic E-state index is -4.39. The maximum absolute atomic E-state index is 13.3. The fraction of sp³-hybridized carbons (Fsp3) is 0.578. The number of carbonyl (C=O) groups excluding carboxylic acids is 1. The van der Waals surface area contributed by atoms with E-state index in [1.807, 2.05) is 19.1 Å². The van der Waals surface area contributed by atoms with Gasteiger partial charge in [0.05, 0.1) is 15.4 Å². The van der Waals surface area contributed by atoms with E-state index in [9.17, 15) is 28.4 Å². The lowest BCUT2D eigenvalue weighted by Crippen LogP contribution is -2.61. The van der Waals surface area contributed by atoms with Crippen molar-refractivity contribution >= 4 is 33.0 Å². The van der Waals surface area contributed by atoms with Gasteiger partial charge in [0.2, 0.25) is 0 Å². The summed E-state index contributed by atoms with van der Waals surface area (Å²) in [5.74, 6) is -0.561. The van der Waals surface area contributed by atoms with Crippen LogP contribution in [-0.4, -0.2) is 104 Å². The van der Waals surface area contributed by atoms with Crippen molar-refractivity contribution in [2.45, 2.75) is 107 Å². The number of piperazine rings is 1. The monoisotopic (exact) mass is 828 g/mol. The second kappa shape index (κ2) is 17.1. The van der Waals surface area contributed by atoms with Gasteiger partial charge < -0.3 is 20.1 Å². The number of carbonyl (C=O) groups is 1. The zero-order valence-electron chi connectivity index (χ0n) is 34.5. The molecule has 0 radical (unpaired) electrons. The first-order valence-electron chi connectivity index (χ1n) is 21.6. The summed E-state index contributed by atoms with van der Waals surface area (Å²) in [6.07, 6.45) is 9.83. The fourth-order valence-corrected chi connectivity index (χ4v) is 11.5. The third-order valence-corrected chi connectivity index (χ3v) is 15.6. The molecule has 3 N–H and O–H groups in total. The number of sulfonamides is 1. The van der Waals surface area contributed by atoms with Crippen LogP contribution in [0.4, 0.5) is 17.1 Å². The Morgan fingerprint density at radius 3 is 2.29 bits per heavy atom. The number of nitro benzene ring substituents is 1. The van der Waals surface area contributed by atoms with Crippen LogP contribution in [0.25, 0.3) is 0 Å². The number of nitrogens with one attached hydrogen (secondary N) is 2. The van der Waals surface area contributed by atoms with Gasteiger partial charge in [0.15, 0.2) is 0 Å². The molecule has 0 unspecified atom stereocenters. The second-order valence-electron chi connectivity index (χ2n) is 18.2. The normalized spacial score (nSPS) is 26.0. The number of benzene rings is 3. The predicted octanol–water partition coefficient (Wildman–Crippen LogP) is 6.66. The van der Waals surface area contributed by atoms with Crippen molar-refractivity contribution in [2.75, 3.05) is 62.7 Å². The Balaban J connectivity index is 0.842. The molecule has 318 valence electrons. The van der Waals surface area contributed by atoms with Crippen molar-refractivity contribution in [3.63, 3.8) is 0 Å². The molecule has 5 fully saturated rings. The lowest BCUT2D eigenvalue weighted by molar-refractivity contribution is -0.384. The topological polar surface area (TPSA) is 158 Å². The fourth-order valence-electron chi connectivity index (χ4n) is 10.5. The maximum Gasteiger partial charge on any atom is 0.293 e. The van der Waals surface area contributed by atoms with Gasteiger partial charge in [0, 0.05) is 87.9 Å². The van der Waals surface area contributed by atoms with Crippen LogP contribution >= 0.6 is 0 Å². The highest BCUT2D eigenvalue weighted by Crippen LogP contribution is 2.53. The molecule has 14 heteroatoms. The van der Waals surface area contributed by atoms with Crippen molar-refractivity contribution < 1.29 is 28.0 Å². The summed E-state index contributed by atoms with van der Waals surface area (Å²) in [6.45, 7) is 11.4. The van der Waals surface area contributed by atoms with Crippen LogP contribution in [0.2, 0.25) is 0 Å². The van der Waals surface area contributed by atoms with Crippen molar-refractivity contribution in [2.24, 2.45) is 11.3 Å². The van der Waals surface area contributed by atoms with Gasteiger partial charge in [-0.2, -0.15) is 0 Å². The van der Waals surface area contributed by atoms with Gasteiger partial charge in [-0.05, 0) is 137 Å². The van der Waals surface area contributed by atoms with E-state index in [2.05, 4.69) is 55.9 Å². The van der Waals surface area contributed by atoms with Crippen LogP contribution in [0.1, 0.15) is 98.7 Å². The molecule has 2 saturated carbocycles. The van der Waals surface area contributed by atoms with Gasteiger partial charge in [0.25, 0.3) is 21.6 Å². The predicted molar refractivity (Wildman–Crippen MR) is 228 cm³/mol. The number of ether oxygens (including phenoxy) is 1. The number of aryl methyl sites for hydroxylation is 1. The number of aliphatic hydroxyl groups is 1. The summed E-state index contributed by atoms with van der Waals surface area (Å²) in [4.78, 5) is 32.0. The van der Waals surface area contributed by atoms with Crippen molar-refractivity contribution in [1.82, 2.24) is 14.5 Å². The lowest BCUT2D eigenvalue weighted by atomic mass is 9.59. The van der Waals surface area contributed by atoms with E-state index in [-0.39, 0.29) is 27.8 Å². The molecule has 3 heterocycles. The van der Waals surface area contributed by atoms with Gasteiger partial charge in [-0.25, -0.2) is 13.1 Å². The van der Waals surface area contributed by atoms with E-state index >= 15 is 0 Å². The molecule has 1 atom stereocenters. The molecular weight excluding hydrogens is 769 g/mol. The number of hydrogen-bond acceptors (Lipinski definition) is 11. The Hall–Kier alpha value is -4.08. The van der Waals surface area contributed by atoms with E-state index in [1.54, 1.807) is 12.1 Å². The van der Waals surface area contributed by atoms with Crippen molar-refractivity contribution in [1.29, 1.82) is 0 Å². The Morgan fingerprint density at radius 1 is 0.915 bits per heavy atom. The van der Waals surface area contributed by atoms with E-state index < -0.39 is 26.5 Å². The molecule has 2 aliphatic carbocycles. The van der Waals surface area contributed by atoms with Gasteiger partial charge in [-0.1, -0.05) is 24.3 Å². The van der Waals surface area contributed by atoms with Gasteiger partial charge in [-0.3, -0.25) is 24.7 Å². The van der Waals surface area contributed by atoms with Crippen LogP contribution < -0.4 is 14.9 Å². The molecule has 5 aliphatic rings. The minimum absolute atomic E-state index is 0.187. The molecule has 59 heavy (non-hydrogen) atoms.